The summed E-state index contributed by atoms with van der Waals surface area (Å²) in [4.78, 5) is 93.4. The highest BCUT2D eigenvalue weighted by molar-refractivity contribution is 7.10. The zero-order chi connectivity index (χ0) is 60.7. The molecule has 8 heterocycles. The lowest BCUT2D eigenvalue weighted by atomic mass is 9.82. The Morgan fingerprint density at radius 1 is 0.816 bits per heavy atom. The Labute approximate surface area is 514 Å². The van der Waals surface area contributed by atoms with Gasteiger partial charge in [-0.1, -0.05) is 45.2 Å². The molecular formula is C64H88F2N14O6S. The van der Waals surface area contributed by atoms with E-state index in [1.807, 2.05) is 11.0 Å². The lowest BCUT2D eigenvalue weighted by Crippen LogP contribution is -2.66. The number of aromatic nitrogens is 3. The standard InChI is InChI=1S/C64H88F2N14O6S/c1-63(2)15-23-75(24-16-63)34-45-30-50(66)53(31-49(45)65)79-39-58(83)74-64(41-79)17-25-78(26-18-64)55-32-54(70-42-71-55)68-19-27-77-37-46-35-76(36-47(46)38-77)22-14-56(81)69-20-28-86-48-12-7-11-44(29-48)60(84)51-40-87-61(72-51)52-13-8-21-80(52)62(85)59(73-57(82)33-67-3)43-9-5-4-6-10-43/h7,11-12,29-32,40,42-43,46-47,52,59,67H,4-6,8-10,13-28,33-39,41H2,1-3H3,(H,69,81)(H,73,82)(H,74,83)(H,68,70,71)/t46-,47+,52-,59-/m0/s1. The zero-order valence-corrected chi connectivity index (χ0v) is 51.8. The topological polar surface area (TPSA) is 213 Å². The van der Waals surface area contributed by atoms with Gasteiger partial charge in [0.1, 0.15) is 58.7 Å². The van der Waals surface area contributed by atoms with Crippen LogP contribution in [0.5, 0.6) is 5.75 Å². The molecule has 7 aliphatic rings. The molecule has 0 radical (unpaired) electrons. The number of hydrogen-bond acceptors (Lipinski definition) is 17. The summed E-state index contributed by atoms with van der Waals surface area (Å²) in [5.41, 5.74) is 0.937. The number of nitrogens with one attached hydrogen (secondary N) is 5. The number of carbonyl (C=O) groups is 5. The minimum absolute atomic E-state index is 0.0245. The van der Waals surface area contributed by atoms with Gasteiger partial charge in [0.25, 0.3) is 0 Å². The number of nitrogens with zero attached hydrogens (tertiary/aromatic N) is 9. The quantitative estimate of drug-likeness (QED) is 0.0436. The lowest BCUT2D eigenvalue weighted by molar-refractivity contribution is -0.139. The molecule has 7 fully saturated rings. The minimum Gasteiger partial charge on any atom is -0.492 e. The van der Waals surface area contributed by atoms with Gasteiger partial charge in [-0.3, -0.25) is 28.9 Å². The van der Waals surface area contributed by atoms with E-state index in [0.29, 0.717) is 99.5 Å². The van der Waals surface area contributed by atoms with Crippen LogP contribution < -0.4 is 41.1 Å². The average Bonchev–Trinajstić information content (AvgIpc) is 2.32. The van der Waals surface area contributed by atoms with E-state index in [-0.39, 0.29) is 72.2 Å². The smallest absolute Gasteiger partial charge is 0.246 e. The number of ketones is 1. The lowest BCUT2D eigenvalue weighted by Gasteiger charge is -2.48. The number of anilines is 3. The molecule has 0 bridgehead atoms. The van der Waals surface area contributed by atoms with E-state index in [2.05, 4.69) is 70.0 Å². The molecule has 6 saturated heterocycles. The Kier molecular flexibility index (Phi) is 20.0. The molecule has 470 valence electrons. The number of likely N-dealkylation sites (N-methyl/N-ethyl adjacent to an activating group) is 1. The van der Waals surface area contributed by atoms with E-state index in [9.17, 15) is 24.0 Å². The second kappa shape index (κ2) is 28.0. The number of hydrogen-bond donors (Lipinski definition) is 5. The summed E-state index contributed by atoms with van der Waals surface area (Å²) in [7, 11) is 1.72. The second-order valence-electron chi connectivity index (χ2n) is 26.3. The van der Waals surface area contributed by atoms with Crippen molar-refractivity contribution in [1.29, 1.82) is 0 Å². The molecule has 4 aromatic rings. The van der Waals surface area contributed by atoms with Crippen molar-refractivity contribution in [3.8, 4) is 5.75 Å². The number of thiazole rings is 1. The van der Waals surface area contributed by atoms with Gasteiger partial charge in [-0.25, -0.2) is 23.7 Å². The van der Waals surface area contributed by atoms with Crippen LogP contribution in [-0.4, -0.2) is 194 Å². The van der Waals surface area contributed by atoms with Crippen molar-refractivity contribution in [2.45, 2.75) is 115 Å². The van der Waals surface area contributed by atoms with Gasteiger partial charge in [0.15, 0.2) is 0 Å². The molecule has 87 heavy (non-hydrogen) atoms. The summed E-state index contributed by atoms with van der Waals surface area (Å²) in [6.07, 6.45) is 11.9. The van der Waals surface area contributed by atoms with Crippen molar-refractivity contribution in [2.75, 3.05) is 133 Å². The first kappa shape index (κ1) is 62.2. The molecule has 4 atom stereocenters. The van der Waals surface area contributed by atoms with E-state index in [1.165, 1.54) is 23.5 Å². The molecule has 1 spiro atoms. The molecule has 23 heteroatoms. The summed E-state index contributed by atoms with van der Waals surface area (Å²) in [6.45, 7) is 15.8. The molecule has 11 rings (SSSR count). The molecule has 2 aromatic carbocycles. The SMILES string of the molecule is CNCC(=O)N[C@H](C(=O)N1CCC[C@H]1c1nc(C(=O)c2cccc(OCCNC(=O)CCN3C[C@H]4CN(CCNc5cc(N6CCC7(CC6)CN(c6cc(F)c(CN8CCC(C)(C)CC8)cc6F)CC(=O)N7)ncn5)C[C@H]4C3)c2)cs1)C1CCCCC1. The van der Waals surface area contributed by atoms with Crippen LogP contribution in [0.2, 0.25) is 0 Å². The Morgan fingerprint density at radius 2 is 1.57 bits per heavy atom. The van der Waals surface area contributed by atoms with Crippen molar-refractivity contribution < 1.29 is 37.5 Å². The maximum atomic E-state index is 15.8. The van der Waals surface area contributed by atoms with Gasteiger partial charge in [0, 0.05) is 114 Å². The first-order valence-corrected chi connectivity index (χ1v) is 32.7. The molecule has 6 aliphatic heterocycles. The van der Waals surface area contributed by atoms with Gasteiger partial charge in [-0.15, -0.1) is 11.3 Å². The van der Waals surface area contributed by atoms with Gasteiger partial charge in [0.05, 0.1) is 36.9 Å². The van der Waals surface area contributed by atoms with Crippen molar-refractivity contribution in [1.82, 2.24) is 55.8 Å². The fraction of sp³-hybridized carbons (Fsp3) is 0.625. The van der Waals surface area contributed by atoms with Gasteiger partial charge in [-0.2, -0.15) is 0 Å². The van der Waals surface area contributed by atoms with E-state index in [4.69, 9.17) is 9.72 Å². The van der Waals surface area contributed by atoms with Crippen molar-refractivity contribution >= 4 is 58.1 Å². The molecule has 0 unspecified atom stereocenters. The summed E-state index contributed by atoms with van der Waals surface area (Å²) >= 11 is 1.39. The van der Waals surface area contributed by atoms with Crippen LogP contribution >= 0.6 is 11.3 Å². The zero-order valence-electron chi connectivity index (χ0n) is 50.9. The molecular weight excluding hydrogens is 1130 g/mol. The van der Waals surface area contributed by atoms with Gasteiger partial charge < -0.3 is 55.8 Å². The van der Waals surface area contributed by atoms with E-state index < -0.39 is 23.2 Å². The Hall–Kier alpha value is -6.40. The summed E-state index contributed by atoms with van der Waals surface area (Å²) in [5.74, 6) is 1.64. The van der Waals surface area contributed by atoms with Gasteiger partial charge in [0.2, 0.25) is 29.4 Å². The molecule has 5 N–H and O–H groups in total. The predicted octanol–water partition coefficient (Wildman–Crippen LogP) is 5.85. The van der Waals surface area contributed by atoms with Crippen LogP contribution in [0, 0.1) is 34.8 Å². The minimum atomic E-state index is -0.578. The second-order valence-corrected chi connectivity index (χ2v) is 27.2. The molecule has 1 aliphatic carbocycles. The number of benzene rings is 2. The highest BCUT2D eigenvalue weighted by atomic mass is 32.1. The number of piperazine rings is 1. The maximum absolute atomic E-state index is 15.8. The number of likely N-dealkylation sites (tertiary alicyclic amines) is 4. The van der Waals surface area contributed by atoms with Crippen molar-refractivity contribution in [3.63, 3.8) is 0 Å². The number of ether oxygens (including phenoxy) is 1. The summed E-state index contributed by atoms with van der Waals surface area (Å²) in [5, 5.41) is 18.1. The number of amides is 4. The van der Waals surface area contributed by atoms with E-state index in [1.54, 1.807) is 47.9 Å². The molecule has 2 aromatic heterocycles. The largest absolute Gasteiger partial charge is 0.492 e. The number of rotatable bonds is 23. The van der Waals surface area contributed by atoms with E-state index >= 15 is 8.78 Å². The Bertz CT molecular complexity index is 3060. The van der Waals surface area contributed by atoms with Gasteiger partial charge in [-0.05, 0) is 113 Å². The number of carbonyl (C=O) groups excluding carboxylic acids is 5. The highest BCUT2D eigenvalue weighted by Gasteiger charge is 2.44. The average molecular weight is 1220 g/mol. The first-order chi connectivity index (χ1) is 42.1. The van der Waals surface area contributed by atoms with Crippen molar-refractivity contribution in [3.05, 3.63) is 87.6 Å². The third-order valence-corrected chi connectivity index (χ3v) is 20.4. The normalized spacial score (nSPS) is 22.9. The fourth-order valence-corrected chi connectivity index (χ4v) is 15.4. The van der Waals surface area contributed by atoms with Gasteiger partial charge >= 0.3 is 0 Å². The first-order valence-electron chi connectivity index (χ1n) is 31.8. The highest BCUT2D eigenvalue weighted by Crippen LogP contribution is 2.39. The van der Waals surface area contributed by atoms with Crippen molar-refractivity contribution in [2.24, 2.45) is 23.2 Å². The molecule has 20 nitrogen and oxygen atoms in total. The van der Waals surface area contributed by atoms with Crippen LogP contribution in [0.3, 0.4) is 0 Å². The maximum Gasteiger partial charge on any atom is 0.246 e. The van der Waals surface area contributed by atoms with Crippen LogP contribution in [0.25, 0.3) is 0 Å². The number of piperidine rings is 2. The number of fused-ring (bicyclic) bond motifs is 1. The van der Waals surface area contributed by atoms with Crippen LogP contribution in [0.1, 0.15) is 124 Å². The number of halogens is 2. The molecule has 1 saturated carbocycles. The van der Waals surface area contributed by atoms with E-state index in [0.717, 1.165) is 127 Å². The summed E-state index contributed by atoms with van der Waals surface area (Å²) in [6, 6.07) is 10.7. The predicted molar refractivity (Wildman–Crippen MR) is 331 cm³/mol. The Morgan fingerprint density at radius 3 is 2.33 bits per heavy atom. The monoisotopic (exact) mass is 1220 g/mol. The molecule has 4 amide bonds. The van der Waals surface area contributed by atoms with Crippen LogP contribution in [0.15, 0.2) is 54.2 Å². The third-order valence-electron chi connectivity index (χ3n) is 19.4. The van der Waals surface area contributed by atoms with Crippen LogP contribution in [0.4, 0.5) is 26.1 Å². The fourth-order valence-electron chi connectivity index (χ4n) is 14.4. The third kappa shape index (κ3) is 15.5. The summed E-state index contributed by atoms with van der Waals surface area (Å²) < 4.78 is 37.3. The van der Waals surface area contributed by atoms with Crippen LogP contribution in [-0.2, 0) is 25.7 Å². The Balaban J connectivity index is 0.564.